The lowest BCUT2D eigenvalue weighted by Gasteiger charge is -2.35. The van der Waals surface area contributed by atoms with Crippen molar-refractivity contribution in [2.75, 3.05) is 24.6 Å². The molecule has 1 aromatic carbocycles. The normalized spacial score (nSPS) is 18.5. The van der Waals surface area contributed by atoms with Gasteiger partial charge >= 0.3 is 0 Å². The van der Waals surface area contributed by atoms with Crippen LogP contribution in [0.25, 0.3) is 0 Å². The molecule has 116 valence electrons. The van der Waals surface area contributed by atoms with Crippen molar-refractivity contribution >= 4 is 11.6 Å². The van der Waals surface area contributed by atoms with E-state index in [2.05, 4.69) is 18.3 Å². The number of benzene rings is 1. The number of hydrogen-bond donors (Lipinski definition) is 1. The van der Waals surface area contributed by atoms with E-state index < -0.39 is 0 Å². The topological polar surface area (TPSA) is 41.6 Å². The molecule has 0 spiro atoms. The number of carbonyl (C=O) groups excluding carboxylic acids is 1. The molecule has 0 fully saturated rings. The van der Waals surface area contributed by atoms with Gasteiger partial charge in [-0.25, -0.2) is 0 Å². The zero-order valence-corrected chi connectivity index (χ0v) is 13.5. The minimum Gasteiger partial charge on any atom is -0.366 e. The molecule has 0 saturated heterocycles. The van der Waals surface area contributed by atoms with Gasteiger partial charge in [0.15, 0.2) is 0 Å². The lowest BCUT2D eigenvalue weighted by atomic mass is 9.96. The van der Waals surface area contributed by atoms with Crippen molar-refractivity contribution in [3.05, 3.63) is 29.8 Å². The van der Waals surface area contributed by atoms with Gasteiger partial charge in [-0.3, -0.25) is 4.79 Å². The van der Waals surface area contributed by atoms with E-state index in [4.69, 9.17) is 4.74 Å². The average Bonchev–Trinajstić information content (AvgIpc) is 2.44. The predicted molar refractivity (Wildman–Crippen MR) is 85.5 cm³/mol. The van der Waals surface area contributed by atoms with Gasteiger partial charge in [0.2, 0.25) is 0 Å². The van der Waals surface area contributed by atoms with E-state index in [1.165, 1.54) is 5.56 Å². The van der Waals surface area contributed by atoms with Gasteiger partial charge in [0.05, 0.1) is 5.60 Å². The minimum atomic E-state index is -0.294. The number of para-hydroxylation sites is 1. The van der Waals surface area contributed by atoms with Gasteiger partial charge in [0, 0.05) is 18.3 Å². The maximum Gasteiger partial charge on any atom is 0.253 e. The molecular formula is C17H26N2O2. The zero-order chi connectivity index (χ0) is 15.5. The zero-order valence-electron chi connectivity index (χ0n) is 13.5. The summed E-state index contributed by atoms with van der Waals surface area (Å²) in [5, 5.41) is 3.49. The molecule has 1 atom stereocenters. The molecule has 21 heavy (non-hydrogen) atoms. The summed E-state index contributed by atoms with van der Waals surface area (Å²) in [7, 11) is 0. The molecule has 0 bridgehead atoms. The summed E-state index contributed by atoms with van der Waals surface area (Å²) in [4.78, 5) is 14.3. The number of hydrogen-bond acceptors (Lipinski definition) is 3. The lowest BCUT2D eigenvalue weighted by Crippen LogP contribution is -2.42. The SMILES string of the molecule is CCNC1CCN(C(=O)COC(C)(C)C)c2ccccc21. The van der Waals surface area contributed by atoms with Crippen molar-refractivity contribution in [1.82, 2.24) is 5.32 Å². The molecule has 1 N–H and O–H groups in total. The fourth-order valence-electron chi connectivity index (χ4n) is 2.64. The first-order chi connectivity index (χ1) is 9.92. The Morgan fingerprint density at radius 1 is 1.38 bits per heavy atom. The molecule has 4 nitrogen and oxygen atoms in total. The third-order valence-electron chi connectivity index (χ3n) is 3.62. The summed E-state index contributed by atoms with van der Waals surface area (Å²) in [5.74, 6) is 0.0346. The Morgan fingerprint density at radius 2 is 2.10 bits per heavy atom. The smallest absolute Gasteiger partial charge is 0.253 e. The number of ether oxygens (including phenoxy) is 1. The van der Waals surface area contributed by atoms with Gasteiger partial charge in [-0.15, -0.1) is 0 Å². The minimum absolute atomic E-state index is 0.0346. The average molecular weight is 290 g/mol. The molecular weight excluding hydrogens is 264 g/mol. The van der Waals surface area contributed by atoms with Crippen LogP contribution in [0.3, 0.4) is 0 Å². The van der Waals surface area contributed by atoms with Crippen LogP contribution in [0.1, 0.15) is 45.7 Å². The fraction of sp³-hybridized carbons (Fsp3) is 0.588. The summed E-state index contributed by atoms with van der Waals surface area (Å²) in [6, 6.07) is 8.47. The maximum absolute atomic E-state index is 12.5. The standard InChI is InChI=1S/C17H26N2O2/c1-5-18-14-10-11-19(15-9-7-6-8-13(14)15)16(20)12-21-17(2,3)4/h6-9,14,18H,5,10-12H2,1-4H3. The molecule has 1 aliphatic rings. The summed E-state index contributed by atoms with van der Waals surface area (Å²) in [6.07, 6.45) is 0.937. The number of amides is 1. The highest BCUT2D eigenvalue weighted by molar-refractivity contribution is 5.95. The molecule has 2 rings (SSSR count). The summed E-state index contributed by atoms with van der Waals surface area (Å²) >= 11 is 0. The van der Waals surface area contributed by atoms with Crippen molar-refractivity contribution in [3.63, 3.8) is 0 Å². The highest BCUT2D eigenvalue weighted by Crippen LogP contribution is 2.33. The molecule has 1 amide bonds. The van der Waals surface area contributed by atoms with Crippen molar-refractivity contribution in [3.8, 4) is 0 Å². The highest BCUT2D eigenvalue weighted by atomic mass is 16.5. The molecule has 4 heteroatoms. The quantitative estimate of drug-likeness (QED) is 0.927. The Bertz CT molecular complexity index is 494. The Kier molecular flexibility index (Phi) is 5.01. The Labute approximate surface area is 127 Å². The van der Waals surface area contributed by atoms with E-state index in [1.54, 1.807) is 0 Å². The molecule has 0 radical (unpaired) electrons. The van der Waals surface area contributed by atoms with Crippen molar-refractivity contribution in [2.45, 2.75) is 45.8 Å². The largest absolute Gasteiger partial charge is 0.366 e. The molecule has 1 heterocycles. The Morgan fingerprint density at radius 3 is 2.76 bits per heavy atom. The fourth-order valence-corrected chi connectivity index (χ4v) is 2.64. The van der Waals surface area contributed by atoms with Gasteiger partial charge in [0.25, 0.3) is 5.91 Å². The molecule has 1 aromatic rings. The van der Waals surface area contributed by atoms with E-state index in [-0.39, 0.29) is 18.1 Å². The van der Waals surface area contributed by atoms with Crippen molar-refractivity contribution in [2.24, 2.45) is 0 Å². The van der Waals surface area contributed by atoms with Crippen LogP contribution < -0.4 is 10.2 Å². The van der Waals surface area contributed by atoms with Gasteiger partial charge in [-0.2, -0.15) is 0 Å². The molecule has 1 unspecified atom stereocenters. The number of anilines is 1. The van der Waals surface area contributed by atoms with Gasteiger partial charge in [0.1, 0.15) is 6.61 Å². The Hall–Kier alpha value is -1.39. The molecule has 1 aliphatic heterocycles. The van der Waals surface area contributed by atoms with Crippen LogP contribution in [-0.4, -0.2) is 31.2 Å². The van der Waals surface area contributed by atoms with Crippen LogP contribution in [-0.2, 0) is 9.53 Å². The second kappa shape index (κ2) is 6.58. The number of nitrogens with one attached hydrogen (secondary N) is 1. The van der Waals surface area contributed by atoms with E-state index in [0.717, 1.165) is 25.2 Å². The van der Waals surface area contributed by atoms with Crippen LogP contribution in [0.5, 0.6) is 0 Å². The number of fused-ring (bicyclic) bond motifs is 1. The van der Waals surface area contributed by atoms with Gasteiger partial charge in [-0.1, -0.05) is 25.1 Å². The molecule has 0 saturated carbocycles. The Balaban J connectivity index is 2.15. The van der Waals surface area contributed by atoms with E-state index in [0.29, 0.717) is 6.04 Å². The van der Waals surface area contributed by atoms with Crippen molar-refractivity contribution in [1.29, 1.82) is 0 Å². The first kappa shape index (κ1) is 16.0. The number of nitrogens with zero attached hydrogens (tertiary/aromatic N) is 1. The van der Waals surface area contributed by atoms with Gasteiger partial charge in [-0.05, 0) is 45.4 Å². The third-order valence-corrected chi connectivity index (χ3v) is 3.62. The van der Waals surface area contributed by atoms with Crippen LogP contribution >= 0.6 is 0 Å². The predicted octanol–water partition coefficient (Wildman–Crippen LogP) is 2.89. The first-order valence-corrected chi connectivity index (χ1v) is 7.69. The van der Waals surface area contributed by atoms with Gasteiger partial charge < -0.3 is 15.0 Å². The first-order valence-electron chi connectivity index (χ1n) is 7.69. The van der Waals surface area contributed by atoms with Crippen LogP contribution in [0.2, 0.25) is 0 Å². The number of rotatable bonds is 4. The third kappa shape index (κ3) is 4.05. The van der Waals surface area contributed by atoms with E-state index in [1.807, 2.05) is 43.9 Å². The summed E-state index contributed by atoms with van der Waals surface area (Å²) in [5.41, 5.74) is 1.92. The van der Waals surface area contributed by atoms with E-state index >= 15 is 0 Å². The summed E-state index contributed by atoms with van der Waals surface area (Å²) in [6.45, 7) is 9.80. The van der Waals surface area contributed by atoms with Crippen LogP contribution in [0.4, 0.5) is 5.69 Å². The van der Waals surface area contributed by atoms with E-state index in [9.17, 15) is 4.79 Å². The maximum atomic E-state index is 12.5. The number of carbonyl (C=O) groups is 1. The lowest BCUT2D eigenvalue weighted by molar-refractivity contribution is -0.128. The highest BCUT2D eigenvalue weighted by Gasteiger charge is 2.28. The monoisotopic (exact) mass is 290 g/mol. The van der Waals surface area contributed by atoms with Crippen molar-refractivity contribution < 1.29 is 9.53 Å². The summed E-state index contributed by atoms with van der Waals surface area (Å²) < 4.78 is 5.63. The second-order valence-electron chi connectivity index (χ2n) is 6.40. The molecule has 0 aromatic heterocycles. The van der Waals surface area contributed by atoms with Crippen LogP contribution in [0, 0.1) is 0 Å². The second-order valence-corrected chi connectivity index (χ2v) is 6.40. The molecule has 0 aliphatic carbocycles. The van der Waals surface area contributed by atoms with Crippen LogP contribution in [0.15, 0.2) is 24.3 Å².